The van der Waals surface area contributed by atoms with Crippen LogP contribution in [0.2, 0.25) is 0 Å². The zero-order valence-electron chi connectivity index (χ0n) is 10.1. The van der Waals surface area contributed by atoms with Crippen LogP contribution in [0.4, 0.5) is 0 Å². The highest BCUT2D eigenvalue weighted by atomic mass is 16.1. The van der Waals surface area contributed by atoms with Crippen molar-refractivity contribution < 1.29 is 4.79 Å². The predicted octanol–water partition coefficient (Wildman–Crippen LogP) is 2.47. The molecule has 3 heteroatoms. The number of ketones is 1. The standard InChI is InChI=1S/C13H18N2O/c1-4-13(16)11(2)14-15(3)10-12-8-6-5-7-9-12/h5-9H,4,10H2,1-3H3/b14-11+. The largest absolute Gasteiger partial charge is 0.295 e. The number of nitrogens with zero attached hydrogens (tertiary/aromatic N) is 2. The molecule has 3 nitrogen and oxygen atoms in total. The Balaban J connectivity index is 2.60. The molecular weight excluding hydrogens is 200 g/mol. The number of benzene rings is 1. The van der Waals surface area contributed by atoms with E-state index >= 15 is 0 Å². The van der Waals surface area contributed by atoms with Crippen molar-refractivity contribution in [2.45, 2.75) is 26.8 Å². The summed E-state index contributed by atoms with van der Waals surface area (Å²) in [6.07, 6.45) is 0.508. The molecule has 0 saturated carbocycles. The van der Waals surface area contributed by atoms with E-state index < -0.39 is 0 Å². The monoisotopic (exact) mass is 218 g/mol. The van der Waals surface area contributed by atoms with Crippen molar-refractivity contribution in [1.82, 2.24) is 5.01 Å². The van der Waals surface area contributed by atoms with Crippen molar-refractivity contribution in [3.8, 4) is 0 Å². The van der Waals surface area contributed by atoms with E-state index in [1.54, 1.807) is 11.9 Å². The second kappa shape index (κ2) is 6.05. The minimum Gasteiger partial charge on any atom is -0.295 e. The van der Waals surface area contributed by atoms with Crippen LogP contribution in [0.3, 0.4) is 0 Å². The Bertz CT molecular complexity index is 371. The first kappa shape index (κ1) is 12.4. The first-order valence-electron chi connectivity index (χ1n) is 5.47. The number of rotatable bonds is 5. The molecule has 0 spiro atoms. The van der Waals surface area contributed by atoms with Crippen LogP contribution >= 0.6 is 0 Å². The fourth-order valence-electron chi connectivity index (χ4n) is 1.45. The summed E-state index contributed by atoms with van der Waals surface area (Å²) in [5, 5.41) is 6.03. The molecule has 0 atom stereocenters. The zero-order valence-corrected chi connectivity index (χ0v) is 10.1. The van der Waals surface area contributed by atoms with Crippen molar-refractivity contribution in [1.29, 1.82) is 0 Å². The van der Waals surface area contributed by atoms with E-state index in [0.29, 0.717) is 12.1 Å². The number of carbonyl (C=O) groups excluding carboxylic acids is 1. The van der Waals surface area contributed by atoms with Crippen molar-refractivity contribution in [3.05, 3.63) is 35.9 Å². The van der Waals surface area contributed by atoms with Crippen LogP contribution in [0.25, 0.3) is 0 Å². The van der Waals surface area contributed by atoms with E-state index in [4.69, 9.17) is 0 Å². The van der Waals surface area contributed by atoms with Gasteiger partial charge in [-0.25, -0.2) is 0 Å². The number of hydrazone groups is 1. The molecule has 86 valence electrons. The van der Waals surface area contributed by atoms with Crippen LogP contribution in [-0.2, 0) is 11.3 Å². The molecule has 16 heavy (non-hydrogen) atoms. The smallest absolute Gasteiger partial charge is 0.178 e. The number of hydrogen-bond acceptors (Lipinski definition) is 3. The molecule has 0 N–H and O–H groups in total. The van der Waals surface area contributed by atoms with Gasteiger partial charge < -0.3 is 0 Å². The zero-order chi connectivity index (χ0) is 12.0. The number of hydrogen-bond donors (Lipinski definition) is 0. The summed E-state index contributed by atoms with van der Waals surface area (Å²) in [6, 6.07) is 10.1. The van der Waals surface area contributed by atoms with Gasteiger partial charge in [0.15, 0.2) is 5.78 Å². The predicted molar refractivity (Wildman–Crippen MR) is 66.3 cm³/mol. The van der Waals surface area contributed by atoms with Gasteiger partial charge in [-0.3, -0.25) is 9.80 Å². The highest BCUT2D eigenvalue weighted by molar-refractivity contribution is 6.38. The minimum absolute atomic E-state index is 0.0971. The molecule has 0 radical (unpaired) electrons. The maximum absolute atomic E-state index is 11.3. The normalized spacial score (nSPS) is 11.3. The minimum atomic E-state index is 0.0971. The number of Topliss-reactive ketones (excluding diaryl/α,β-unsaturated/α-hetero) is 1. The third kappa shape index (κ3) is 3.85. The SMILES string of the molecule is CCC(=O)/C(C)=N/N(C)Cc1ccccc1. The summed E-state index contributed by atoms with van der Waals surface area (Å²) in [6.45, 7) is 4.32. The molecule has 0 aliphatic rings. The van der Waals surface area contributed by atoms with Gasteiger partial charge in [-0.1, -0.05) is 37.3 Å². The van der Waals surface area contributed by atoms with Crippen LogP contribution in [-0.4, -0.2) is 23.6 Å². The van der Waals surface area contributed by atoms with E-state index in [1.807, 2.05) is 44.3 Å². The molecule has 0 unspecified atom stereocenters. The van der Waals surface area contributed by atoms with Crippen molar-refractivity contribution in [2.75, 3.05) is 7.05 Å². The molecule has 1 rings (SSSR count). The quantitative estimate of drug-likeness (QED) is 0.562. The fourth-order valence-corrected chi connectivity index (χ4v) is 1.45. The summed E-state index contributed by atoms with van der Waals surface area (Å²) in [5.74, 6) is 0.0971. The molecule has 0 aliphatic heterocycles. The Kier molecular flexibility index (Phi) is 4.70. The second-order valence-electron chi connectivity index (χ2n) is 3.76. The third-order valence-electron chi connectivity index (χ3n) is 2.30. The van der Waals surface area contributed by atoms with Gasteiger partial charge in [0, 0.05) is 13.5 Å². The van der Waals surface area contributed by atoms with Gasteiger partial charge in [-0.2, -0.15) is 5.10 Å². The van der Waals surface area contributed by atoms with Crippen LogP contribution in [0, 0.1) is 0 Å². The highest BCUT2D eigenvalue weighted by Crippen LogP contribution is 2.03. The summed E-state index contributed by atoms with van der Waals surface area (Å²) in [4.78, 5) is 11.3. The van der Waals surface area contributed by atoms with Crippen molar-refractivity contribution in [2.24, 2.45) is 5.10 Å². The van der Waals surface area contributed by atoms with Crippen molar-refractivity contribution >= 4 is 11.5 Å². The Labute approximate surface area is 96.8 Å². The van der Waals surface area contributed by atoms with Gasteiger partial charge in [0.2, 0.25) is 0 Å². The molecule has 0 amide bonds. The third-order valence-corrected chi connectivity index (χ3v) is 2.30. The van der Waals surface area contributed by atoms with E-state index in [9.17, 15) is 4.79 Å². The Morgan fingerprint density at radius 3 is 2.50 bits per heavy atom. The molecule has 1 aromatic carbocycles. The first-order valence-corrected chi connectivity index (χ1v) is 5.47. The lowest BCUT2D eigenvalue weighted by Gasteiger charge is -2.13. The van der Waals surface area contributed by atoms with Gasteiger partial charge in [0.05, 0.1) is 6.54 Å². The van der Waals surface area contributed by atoms with Crippen LogP contribution in [0.15, 0.2) is 35.4 Å². The maximum Gasteiger partial charge on any atom is 0.178 e. The fraction of sp³-hybridized carbons (Fsp3) is 0.385. The van der Waals surface area contributed by atoms with Gasteiger partial charge in [-0.05, 0) is 12.5 Å². The summed E-state index contributed by atoms with van der Waals surface area (Å²) in [7, 11) is 1.87. The molecule has 0 aliphatic carbocycles. The second-order valence-corrected chi connectivity index (χ2v) is 3.76. The van der Waals surface area contributed by atoms with E-state index in [2.05, 4.69) is 5.10 Å². The van der Waals surface area contributed by atoms with E-state index in [1.165, 1.54) is 5.56 Å². The highest BCUT2D eigenvalue weighted by Gasteiger charge is 2.04. The van der Waals surface area contributed by atoms with Crippen LogP contribution < -0.4 is 0 Å². The summed E-state index contributed by atoms with van der Waals surface area (Å²) >= 11 is 0. The average molecular weight is 218 g/mol. The maximum atomic E-state index is 11.3. The first-order chi connectivity index (χ1) is 7.63. The van der Waals surface area contributed by atoms with Crippen LogP contribution in [0.5, 0.6) is 0 Å². The summed E-state index contributed by atoms with van der Waals surface area (Å²) < 4.78 is 0. The Morgan fingerprint density at radius 1 is 1.31 bits per heavy atom. The van der Waals surface area contributed by atoms with Crippen LogP contribution in [0.1, 0.15) is 25.8 Å². The topological polar surface area (TPSA) is 32.7 Å². The molecule has 0 aromatic heterocycles. The Hall–Kier alpha value is -1.64. The van der Waals surface area contributed by atoms with E-state index in [-0.39, 0.29) is 5.78 Å². The number of carbonyl (C=O) groups is 1. The van der Waals surface area contributed by atoms with Gasteiger partial charge in [-0.15, -0.1) is 0 Å². The van der Waals surface area contributed by atoms with Gasteiger partial charge >= 0.3 is 0 Å². The summed E-state index contributed by atoms with van der Waals surface area (Å²) in [5.41, 5.74) is 1.76. The molecule has 0 bridgehead atoms. The molecule has 1 aromatic rings. The Morgan fingerprint density at radius 2 is 1.94 bits per heavy atom. The molecule has 0 heterocycles. The molecular formula is C13H18N2O. The average Bonchev–Trinajstić information content (AvgIpc) is 2.29. The van der Waals surface area contributed by atoms with Gasteiger partial charge in [0.1, 0.15) is 5.71 Å². The lowest BCUT2D eigenvalue weighted by atomic mass is 10.2. The van der Waals surface area contributed by atoms with E-state index in [0.717, 1.165) is 6.54 Å². The molecule has 0 saturated heterocycles. The lowest BCUT2D eigenvalue weighted by molar-refractivity contribution is -0.112. The lowest BCUT2D eigenvalue weighted by Crippen LogP contribution is -2.17. The molecule has 0 fully saturated rings. The van der Waals surface area contributed by atoms with Crippen molar-refractivity contribution in [3.63, 3.8) is 0 Å². The van der Waals surface area contributed by atoms with Gasteiger partial charge in [0.25, 0.3) is 0 Å².